The summed E-state index contributed by atoms with van der Waals surface area (Å²) in [5.74, 6) is -3.95. The Labute approximate surface area is 234 Å². The van der Waals surface area contributed by atoms with Crippen LogP contribution >= 0.6 is 0 Å². The van der Waals surface area contributed by atoms with Crippen molar-refractivity contribution in [1.82, 2.24) is 5.32 Å². The van der Waals surface area contributed by atoms with Crippen LogP contribution in [0.2, 0.25) is 0 Å². The first kappa shape index (κ1) is 30.5. The van der Waals surface area contributed by atoms with Crippen LogP contribution in [0.5, 0.6) is 0 Å². The van der Waals surface area contributed by atoms with E-state index < -0.39 is 42.2 Å². The monoisotopic (exact) mass is 563 g/mol. The third-order valence-corrected chi connectivity index (χ3v) is 8.60. The van der Waals surface area contributed by atoms with Gasteiger partial charge in [-0.25, -0.2) is 4.79 Å². The maximum Gasteiger partial charge on any atom is 0.328 e. The summed E-state index contributed by atoms with van der Waals surface area (Å²) in [4.78, 5) is 36.3. The van der Waals surface area contributed by atoms with Gasteiger partial charge in [-0.2, -0.15) is 0 Å². The lowest BCUT2D eigenvalue weighted by Crippen LogP contribution is -2.64. The predicted octanol–water partition coefficient (Wildman–Crippen LogP) is 2.12. The Morgan fingerprint density at radius 3 is 2.62 bits per heavy atom. The Morgan fingerprint density at radius 1 is 1.20 bits per heavy atom. The zero-order valence-corrected chi connectivity index (χ0v) is 23.1. The van der Waals surface area contributed by atoms with E-state index in [-0.39, 0.29) is 49.0 Å². The number of carbonyl (C=O) groups excluding carboxylic acids is 2. The number of carbonyl (C=O) groups is 3. The van der Waals surface area contributed by atoms with Crippen LogP contribution in [0.4, 0.5) is 0 Å². The molecule has 0 aromatic heterocycles. The van der Waals surface area contributed by atoms with Crippen LogP contribution in [0, 0.1) is 11.3 Å². The standard InChI is InChI=1S/C29H41NO10/c1-17-14-29(36,40-19(3)18(17)2)25(34)26(35)30-27-24-21(37-16-38-27)15-28(11-12-28)22(39-24)13-20(31)9-7-5-4-6-8-10-23(32)33/h4,6,8,10,18-19,21-22,24-25,27,34,36H,1,5,7,9,11-16H2,2-3H3,(H,30,35)(H,32,33)/b6-4+,10-8+/t18-,19-,21-,22?,24+,25?,27?,29-/m1/s1. The summed E-state index contributed by atoms with van der Waals surface area (Å²) in [5, 5.41) is 32.9. The number of amides is 1. The molecule has 3 unspecified atom stereocenters. The third-order valence-electron chi connectivity index (χ3n) is 8.60. The van der Waals surface area contributed by atoms with E-state index in [4.69, 9.17) is 24.1 Å². The summed E-state index contributed by atoms with van der Waals surface area (Å²) in [7, 11) is 0. The minimum absolute atomic E-state index is 0.0300. The predicted molar refractivity (Wildman–Crippen MR) is 142 cm³/mol. The number of hydrogen-bond donors (Lipinski definition) is 4. The molecule has 222 valence electrons. The lowest BCUT2D eigenvalue weighted by atomic mass is 9.83. The number of fused-ring (bicyclic) bond motifs is 1. The molecular formula is C29H41NO10. The van der Waals surface area contributed by atoms with E-state index in [9.17, 15) is 24.6 Å². The largest absolute Gasteiger partial charge is 0.478 e. The number of allylic oxidation sites excluding steroid dienone is 3. The van der Waals surface area contributed by atoms with Gasteiger partial charge in [0.15, 0.2) is 12.3 Å². The van der Waals surface area contributed by atoms with Crippen LogP contribution in [-0.2, 0) is 33.3 Å². The van der Waals surface area contributed by atoms with E-state index in [1.807, 2.05) is 13.0 Å². The van der Waals surface area contributed by atoms with Gasteiger partial charge in [-0.05, 0) is 44.4 Å². The molecule has 4 aliphatic rings. The Morgan fingerprint density at radius 2 is 1.95 bits per heavy atom. The van der Waals surface area contributed by atoms with Crippen molar-refractivity contribution in [2.45, 2.75) is 108 Å². The first-order valence-electron chi connectivity index (χ1n) is 14.0. The molecule has 3 heterocycles. The first-order valence-corrected chi connectivity index (χ1v) is 14.0. The van der Waals surface area contributed by atoms with E-state index in [0.29, 0.717) is 31.3 Å². The van der Waals surface area contributed by atoms with Crippen molar-refractivity contribution in [3.63, 3.8) is 0 Å². The highest BCUT2D eigenvalue weighted by molar-refractivity contribution is 5.82. The number of hydrogen-bond acceptors (Lipinski definition) is 9. The topological polar surface area (TPSA) is 161 Å². The van der Waals surface area contributed by atoms with Crippen molar-refractivity contribution in [2.75, 3.05) is 6.79 Å². The zero-order chi connectivity index (χ0) is 29.1. The van der Waals surface area contributed by atoms with Gasteiger partial charge in [-0.15, -0.1) is 0 Å². The average Bonchev–Trinajstić information content (AvgIpc) is 3.66. The maximum absolute atomic E-state index is 13.0. The number of carboxylic acids is 1. The van der Waals surface area contributed by atoms with Gasteiger partial charge in [-0.1, -0.05) is 37.3 Å². The number of nitrogens with one attached hydrogen (secondary N) is 1. The van der Waals surface area contributed by atoms with Crippen LogP contribution in [0.1, 0.15) is 65.2 Å². The van der Waals surface area contributed by atoms with Crippen LogP contribution in [0.15, 0.2) is 36.5 Å². The van der Waals surface area contributed by atoms with Crippen LogP contribution in [0.25, 0.3) is 0 Å². The van der Waals surface area contributed by atoms with Gasteiger partial charge in [0.2, 0.25) is 5.79 Å². The average molecular weight is 564 g/mol. The van der Waals surface area contributed by atoms with Crippen molar-refractivity contribution in [3.05, 3.63) is 36.5 Å². The number of aliphatic hydroxyl groups is 2. The molecule has 3 saturated heterocycles. The smallest absolute Gasteiger partial charge is 0.328 e. The molecule has 4 rings (SSSR count). The second-order valence-corrected chi connectivity index (χ2v) is 11.5. The molecule has 4 N–H and O–H groups in total. The molecular weight excluding hydrogens is 522 g/mol. The van der Waals surface area contributed by atoms with Gasteiger partial charge in [0.05, 0.1) is 18.3 Å². The summed E-state index contributed by atoms with van der Waals surface area (Å²) in [6, 6.07) is 0. The SMILES string of the molecule is C=C1C[C@](O)(C(O)C(=O)NC2OCO[C@@H]3CC4(CC4)C(CC(=O)CCC/C=C/C=C/C(=O)O)O[C@H]23)O[C@H](C)[C@@H]1C. The molecule has 1 amide bonds. The van der Waals surface area contributed by atoms with Gasteiger partial charge < -0.3 is 39.6 Å². The van der Waals surface area contributed by atoms with Crippen LogP contribution < -0.4 is 5.32 Å². The van der Waals surface area contributed by atoms with E-state index in [1.165, 1.54) is 6.08 Å². The Bertz CT molecular complexity index is 1040. The number of ether oxygens (including phenoxy) is 4. The van der Waals surface area contributed by atoms with Gasteiger partial charge >= 0.3 is 5.97 Å². The second kappa shape index (κ2) is 12.6. The van der Waals surface area contributed by atoms with Gasteiger partial charge in [-0.3, -0.25) is 9.59 Å². The van der Waals surface area contributed by atoms with E-state index in [1.54, 1.807) is 13.0 Å². The minimum atomic E-state index is -2.11. The molecule has 4 fully saturated rings. The summed E-state index contributed by atoms with van der Waals surface area (Å²) in [5.41, 5.74) is 0.543. The third kappa shape index (κ3) is 7.07. The summed E-state index contributed by atoms with van der Waals surface area (Å²) >= 11 is 0. The summed E-state index contributed by atoms with van der Waals surface area (Å²) in [6.07, 6.45) is 5.67. The molecule has 1 saturated carbocycles. The lowest BCUT2D eigenvalue weighted by Gasteiger charge is -2.47. The molecule has 1 aliphatic carbocycles. The highest BCUT2D eigenvalue weighted by Gasteiger charge is 2.59. The van der Waals surface area contributed by atoms with E-state index in [0.717, 1.165) is 18.9 Å². The Kier molecular flexibility index (Phi) is 9.64. The highest BCUT2D eigenvalue weighted by atomic mass is 16.7. The number of ketones is 1. The Hall–Kier alpha value is -2.41. The summed E-state index contributed by atoms with van der Waals surface area (Å²) in [6.45, 7) is 7.54. The number of unbranched alkanes of at least 4 members (excludes halogenated alkanes) is 1. The molecule has 3 aliphatic heterocycles. The molecule has 40 heavy (non-hydrogen) atoms. The fraction of sp³-hybridized carbons (Fsp3) is 0.690. The number of carboxylic acid groups (broad SMARTS) is 1. The van der Waals surface area contributed by atoms with Gasteiger partial charge in [0, 0.05) is 31.3 Å². The fourth-order valence-electron chi connectivity index (χ4n) is 5.77. The molecule has 11 nitrogen and oxygen atoms in total. The fourth-order valence-corrected chi connectivity index (χ4v) is 5.77. The molecule has 8 atom stereocenters. The quantitative estimate of drug-likeness (QED) is 0.127. The highest BCUT2D eigenvalue weighted by Crippen LogP contribution is 2.58. The van der Waals surface area contributed by atoms with E-state index in [2.05, 4.69) is 11.9 Å². The van der Waals surface area contributed by atoms with Crippen molar-refractivity contribution >= 4 is 17.7 Å². The van der Waals surface area contributed by atoms with Crippen LogP contribution in [0.3, 0.4) is 0 Å². The maximum atomic E-state index is 13.0. The number of rotatable bonds is 11. The van der Waals surface area contributed by atoms with E-state index >= 15 is 0 Å². The summed E-state index contributed by atoms with van der Waals surface area (Å²) < 4.78 is 23.5. The first-order chi connectivity index (χ1) is 18.9. The number of aliphatic hydroxyl groups excluding tert-OH is 1. The molecule has 0 radical (unpaired) electrons. The second-order valence-electron chi connectivity index (χ2n) is 11.5. The van der Waals surface area contributed by atoms with Gasteiger partial charge in [0.25, 0.3) is 5.91 Å². The number of aliphatic carboxylic acids is 1. The molecule has 0 bridgehead atoms. The lowest BCUT2D eigenvalue weighted by molar-refractivity contribution is -0.296. The molecule has 11 heteroatoms. The minimum Gasteiger partial charge on any atom is -0.478 e. The van der Waals surface area contributed by atoms with Crippen molar-refractivity contribution in [2.24, 2.45) is 11.3 Å². The zero-order valence-electron chi connectivity index (χ0n) is 23.1. The van der Waals surface area contributed by atoms with Gasteiger partial charge in [0.1, 0.15) is 18.7 Å². The normalized spacial score (nSPS) is 36.0. The Balaban J connectivity index is 1.32. The van der Waals surface area contributed by atoms with Crippen molar-refractivity contribution < 1.29 is 48.7 Å². The molecule has 1 spiro atoms. The van der Waals surface area contributed by atoms with Crippen LogP contribution in [-0.4, -0.2) is 82.3 Å². The molecule has 0 aromatic rings. The van der Waals surface area contributed by atoms with Crippen molar-refractivity contribution in [1.29, 1.82) is 0 Å². The molecule has 0 aromatic carbocycles. The number of Topliss-reactive ketones (excluding diaryl/α,β-unsaturated/α-hetero) is 1. The van der Waals surface area contributed by atoms with Crippen molar-refractivity contribution in [3.8, 4) is 0 Å².